The van der Waals surface area contributed by atoms with Gasteiger partial charge in [0.1, 0.15) is 5.65 Å². The summed E-state index contributed by atoms with van der Waals surface area (Å²) in [5.74, 6) is 0.827. The van der Waals surface area contributed by atoms with Gasteiger partial charge in [0.15, 0.2) is 5.96 Å². The number of imidazole rings is 1. The molecule has 0 aliphatic rings. The molecule has 3 aromatic rings. The van der Waals surface area contributed by atoms with Crippen molar-refractivity contribution in [2.75, 3.05) is 14.1 Å². The maximum absolute atomic E-state index is 4.58. The topological polar surface area (TPSA) is 57.8 Å². The molecule has 0 bridgehead atoms. The van der Waals surface area contributed by atoms with Crippen molar-refractivity contribution in [3.8, 4) is 0 Å². The Balaban J connectivity index is 1.62. The van der Waals surface area contributed by atoms with Crippen LogP contribution in [0.15, 0.2) is 41.0 Å². The average molecular weight is 328 g/mol. The lowest BCUT2D eigenvalue weighted by Gasteiger charge is -2.20. The van der Waals surface area contributed by atoms with Gasteiger partial charge in [-0.3, -0.25) is 4.99 Å². The summed E-state index contributed by atoms with van der Waals surface area (Å²) in [4.78, 5) is 15.5. The SMILES string of the molecule is CN=C(NCc1cn2ccccc2n1)N(C)Cc1csc(C)n1. The van der Waals surface area contributed by atoms with E-state index in [0.29, 0.717) is 6.54 Å². The van der Waals surface area contributed by atoms with Crippen molar-refractivity contribution in [3.05, 3.63) is 52.4 Å². The Morgan fingerprint density at radius 2 is 2.22 bits per heavy atom. The number of aryl methyl sites for hydroxylation is 1. The third-order valence-corrected chi connectivity index (χ3v) is 4.30. The predicted octanol–water partition coefficient (Wildman–Crippen LogP) is 2.31. The Hall–Kier alpha value is -2.41. The minimum atomic E-state index is 0.634. The van der Waals surface area contributed by atoms with Crippen LogP contribution in [0, 0.1) is 6.92 Å². The number of pyridine rings is 1. The second-order valence-corrected chi connectivity index (χ2v) is 6.38. The first-order valence-electron chi connectivity index (χ1n) is 7.41. The molecule has 0 amide bonds. The van der Waals surface area contributed by atoms with Crippen molar-refractivity contribution in [1.29, 1.82) is 0 Å². The second kappa shape index (κ2) is 6.78. The number of rotatable bonds is 4. The Morgan fingerprint density at radius 3 is 2.91 bits per heavy atom. The molecule has 0 spiro atoms. The van der Waals surface area contributed by atoms with Crippen molar-refractivity contribution >= 4 is 22.9 Å². The minimum Gasteiger partial charge on any atom is -0.351 e. The molecule has 23 heavy (non-hydrogen) atoms. The quantitative estimate of drug-likeness (QED) is 0.590. The number of fused-ring (bicyclic) bond motifs is 1. The van der Waals surface area contributed by atoms with Gasteiger partial charge in [-0.1, -0.05) is 6.07 Å². The zero-order valence-electron chi connectivity index (χ0n) is 13.5. The van der Waals surface area contributed by atoms with Crippen molar-refractivity contribution < 1.29 is 0 Å². The zero-order valence-corrected chi connectivity index (χ0v) is 14.3. The van der Waals surface area contributed by atoms with Gasteiger partial charge in [0, 0.05) is 31.9 Å². The number of guanidine groups is 1. The van der Waals surface area contributed by atoms with Gasteiger partial charge in [0.2, 0.25) is 0 Å². The molecule has 0 fully saturated rings. The largest absolute Gasteiger partial charge is 0.351 e. The average Bonchev–Trinajstić information content (AvgIpc) is 3.13. The number of nitrogens with one attached hydrogen (secondary N) is 1. The van der Waals surface area contributed by atoms with Gasteiger partial charge >= 0.3 is 0 Å². The first kappa shape index (κ1) is 15.5. The smallest absolute Gasteiger partial charge is 0.194 e. The highest BCUT2D eigenvalue weighted by Gasteiger charge is 2.09. The third kappa shape index (κ3) is 3.68. The molecule has 0 saturated heterocycles. The van der Waals surface area contributed by atoms with E-state index < -0.39 is 0 Å². The van der Waals surface area contributed by atoms with Crippen LogP contribution in [0.1, 0.15) is 16.4 Å². The molecule has 0 unspecified atom stereocenters. The summed E-state index contributed by atoms with van der Waals surface area (Å²) in [6, 6.07) is 5.98. The van der Waals surface area contributed by atoms with E-state index in [2.05, 4.69) is 30.6 Å². The first-order chi connectivity index (χ1) is 11.2. The van der Waals surface area contributed by atoms with Crippen molar-refractivity contribution in [2.24, 2.45) is 4.99 Å². The fourth-order valence-electron chi connectivity index (χ4n) is 2.43. The molecule has 1 N–H and O–H groups in total. The van der Waals surface area contributed by atoms with Crippen molar-refractivity contribution in [2.45, 2.75) is 20.0 Å². The van der Waals surface area contributed by atoms with E-state index in [1.807, 2.05) is 49.0 Å². The molecule has 0 aliphatic heterocycles. The van der Waals surface area contributed by atoms with E-state index in [0.717, 1.165) is 34.5 Å². The molecular formula is C16H20N6S. The fourth-order valence-corrected chi connectivity index (χ4v) is 3.03. The number of thiazole rings is 1. The van der Waals surface area contributed by atoms with Crippen LogP contribution in [0.5, 0.6) is 0 Å². The summed E-state index contributed by atoms with van der Waals surface area (Å²) in [5, 5.41) is 6.52. The van der Waals surface area contributed by atoms with Crippen LogP contribution in [-0.4, -0.2) is 39.3 Å². The molecule has 120 valence electrons. The number of hydrogen-bond donors (Lipinski definition) is 1. The molecule has 6 nitrogen and oxygen atoms in total. The van der Waals surface area contributed by atoms with E-state index in [9.17, 15) is 0 Å². The van der Waals surface area contributed by atoms with E-state index in [1.54, 1.807) is 18.4 Å². The van der Waals surface area contributed by atoms with E-state index >= 15 is 0 Å². The zero-order chi connectivity index (χ0) is 16.2. The highest BCUT2D eigenvalue weighted by molar-refractivity contribution is 7.09. The Kier molecular flexibility index (Phi) is 4.57. The number of aromatic nitrogens is 3. The van der Waals surface area contributed by atoms with Crippen LogP contribution in [0.4, 0.5) is 0 Å². The maximum Gasteiger partial charge on any atom is 0.194 e. The molecule has 3 heterocycles. The van der Waals surface area contributed by atoms with Gasteiger partial charge in [-0.15, -0.1) is 11.3 Å². The molecule has 0 atom stereocenters. The second-order valence-electron chi connectivity index (χ2n) is 5.31. The summed E-state index contributed by atoms with van der Waals surface area (Å²) in [6.07, 6.45) is 4.02. The molecule has 0 aliphatic carbocycles. The van der Waals surface area contributed by atoms with Crippen LogP contribution >= 0.6 is 11.3 Å². The monoisotopic (exact) mass is 328 g/mol. The van der Waals surface area contributed by atoms with Crippen molar-refractivity contribution in [1.82, 2.24) is 24.6 Å². The van der Waals surface area contributed by atoms with Gasteiger partial charge in [-0.25, -0.2) is 9.97 Å². The minimum absolute atomic E-state index is 0.634. The Bertz CT molecular complexity index is 786. The molecule has 3 aromatic heterocycles. The molecule has 7 heteroatoms. The summed E-state index contributed by atoms with van der Waals surface area (Å²) in [6.45, 7) is 3.38. The Labute approximate surface area is 139 Å². The maximum atomic E-state index is 4.58. The van der Waals surface area contributed by atoms with E-state index in [-0.39, 0.29) is 0 Å². The third-order valence-electron chi connectivity index (χ3n) is 3.48. The number of aliphatic imine (C=N–C) groups is 1. The van der Waals surface area contributed by atoms with Gasteiger partial charge in [0.25, 0.3) is 0 Å². The fraction of sp³-hybridized carbons (Fsp3) is 0.312. The molecular weight excluding hydrogens is 308 g/mol. The molecule has 0 aromatic carbocycles. The lowest BCUT2D eigenvalue weighted by atomic mass is 10.4. The van der Waals surface area contributed by atoms with Gasteiger partial charge in [-0.05, 0) is 19.1 Å². The standard InChI is InChI=1S/C16H20N6S/c1-12-19-14(11-23-12)9-21(3)16(17-2)18-8-13-10-22-7-5-4-6-15(22)20-13/h4-7,10-11H,8-9H2,1-3H3,(H,17,18). The van der Waals surface area contributed by atoms with Gasteiger partial charge in [0.05, 0.1) is 29.5 Å². The van der Waals surface area contributed by atoms with Crippen LogP contribution in [-0.2, 0) is 13.1 Å². The summed E-state index contributed by atoms with van der Waals surface area (Å²) in [7, 11) is 3.79. The first-order valence-corrected chi connectivity index (χ1v) is 8.29. The molecule has 0 radical (unpaired) electrons. The van der Waals surface area contributed by atoms with Crippen LogP contribution in [0.3, 0.4) is 0 Å². The van der Waals surface area contributed by atoms with Crippen LogP contribution in [0.25, 0.3) is 5.65 Å². The highest BCUT2D eigenvalue weighted by atomic mass is 32.1. The van der Waals surface area contributed by atoms with Crippen LogP contribution in [0.2, 0.25) is 0 Å². The van der Waals surface area contributed by atoms with E-state index in [4.69, 9.17) is 0 Å². The number of nitrogens with zero attached hydrogens (tertiary/aromatic N) is 5. The molecule has 3 rings (SSSR count). The normalized spacial score (nSPS) is 11.9. The highest BCUT2D eigenvalue weighted by Crippen LogP contribution is 2.10. The molecule has 0 saturated carbocycles. The number of hydrogen-bond acceptors (Lipinski definition) is 4. The van der Waals surface area contributed by atoms with Gasteiger partial charge in [-0.2, -0.15) is 0 Å². The van der Waals surface area contributed by atoms with Gasteiger partial charge < -0.3 is 14.6 Å². The lowest BCUT2D eigenvalue weighted by Crippen LogP contribution is -2.38. The Morgan fingerprint density at radius 1 is 1.35 bits per heavy atom. The predicted molar refractivity (Wildman–Crippen MR) is 93.7 cm³/mol. The summed E-state index contributed by atoms with van der Waals surface area (Å²) >= 11 is 1.67. The summed E-state index contributed by atoms with van der Waals surface area (Å²) < 4.78 is 2.02. The lowest BCUT2D eigenvalue weighted by molar-refractivity contribution is 0.470. The van der Waals surface area contributed by atoms with Crippen molar-refractivity contribution in [3.63, 3.8) is 0 Å². The van der Waals surface area contributed by atoms with Crippen LogP contribution < -0.4 is 5.32 Å². The van der Waals surface area contributed by atoms with E-state index in [1.165, 1.54) is 0 Å². The summed E-state index contributed by atoms with van der Waals surface area (Å²) in [5.41, 5.74) is 2.99.